The molecular formula is C25H26ClN5O3. The van der Waals surface area contributed by atoms with Gasteiger partial charge in [0.2, 0.25) is 11.9 Å². The molecule has 0 saturated carbocycles. The van der Waals surface area contributed by atoms with Crippen LogP contribution in [0.5, 0.6) is 0 Å². The molecular weight excluding hydrogens is 454 g/mol. The number of benzene rings is 2. The van der Waals surface area contributed by atoms with E-state index in [2.05, 4.69) is 15.4 Å². The number of halogens is 1. The molecule has 0 fully saturated rings. The first-order valence-corrected chi connectivity index (χ1v) is 11.4. The Balaban J connectivity index is 1.73. The number of nitrogens with one attached hydrogen (secondary N) is 1. The van der Waals surface area contributed by atoms with Gasteiger partial charge >= 0.3 is 5.97 Å². The minimum atomic E-state index is -0.522. The molecule has 1 N–H and O–H groups in total. The maximum atomic E-state index is 13.1. The highest BCUT2D eigenvalue weighted by atomic mass is 35.5. The summed E-state index contributed by atoms with van der Waals surface area (Å²) in [7, 11) is 0. The van der Waals surface area contributed by atoms with Crippen LogP contribution in [0.2, 0.25) is 5.02 Å². The summed E-state index contributed by atoms with van der Waals surface area (Å²) in [5.74, 6) is -0.270. The Morgan fingerprint density at radius 3 is 2.56 bits per heavy atom. The van der Waals surface area contributed by atoms with Crippen molar-refractivity contribution in [2.45, 2.75) is 33.7 Å². The van der Waals surface area contributed by atoms with E-state index in [1.54, 1.807) is 41.6 Å². The molecule has 1 aliphatic rings. The topological polar surface area (TPSA) is 89.3 Å². The zero-order chi connectivity index (χ0) is 24.4. The van der Waals surface area contributed by atoms with Crippen molar-refractivity contribution in [3.63, 3.8) is 0 Å². The molecule has 2 heterocycles. The summed E-state index contributed by atoms with van der Waals surface area (Å²) >= 11 is 6.19. The zero-order valence-corrected chi connectivity index (χ0v) is 20.3. The predicted molar refractivity (Wildman–Crippen MR) is 131 cm³/mol. The van der Waals surface area contributed by atoms with Crippen molar-refractivity contribution >= 4 is 35.1 Å². The van der Waals surface area contributed by atoms with E-state index in [0.717, 1.165) is 16.7 Å². The summed E-state index contributed by atoms with van der Waals surface area (Å²) in [4.78, 5) is 32.2. The van der Waals surface area contributed by atoms with E-state index in [-0.39, 0.29) is 19.1 Å². The monoisotopic (exact) mass is 479 g/mol. The Bertz CT molecular complexity index is 1270. The van der Waals surface area contributed by atoms with Gasteiger partial charge in [-0.3, -0.25) is 4.79 Å². The van der Waals surface area contributed by atoms with E-state index in [0.29, 0.717) is 27.9 Å². The average Bonchev–Trinajstić information content (AvgIpc) is 3.29. The van der Waals surface area contributed by atoms with Gasteiger partial charge < -0.3 is 15.0 Å². The molecule has 3 aromatic rings. The van der Waals surface area contributed by atoms with Gasteiger partial charge in [-0.25, -0.2) is 9.48 Å². The fourth-order valence-corrected chi connectivity index (χ4v) is 4.20. The summed E-state index contributed by atoms with van der Waals surface area (Å²) in [6.45, 7) is 7.56. The molecule has 34 heavy (non-hydrogen) atoms. The number of carbonyl (C=O) groups excluding carboxylic acids is 2. The van der Waals surface area contributed by atoms with Gasteiger partial charge in [-0.15, -0.1) is 0 Å². The second-order valence-electron chi connectivity index (χ2n) is 8.08. The summed E-state index contributed by atoms with van der Waals surface area (Å²) in [6, 6.07) is 12.7. The van der Waals surface area contributed by atoms with Crippen molar-refractivity contribution in [1.82, 2.24) is 14.8 Å². The third kappa shape index (κ3) is 4.41. The van der Waals surface area contributed by atoms with E-state index in [1.807, 2.05) is 38.1 Å². The number of aryl methyl sites for hydroxylation is 1. The Hall–Kier alpha value is -3.65. The molecule has 1 atom stereocenters. The SMILES string of the molecule is CCOC(=O)C1=C(C)N(CC(=O)Nc2cccc(Cl)c2C)c2ncnn2[C@@H]1c1ccc(C)cc1. The molecule has 4 rings (SSSR count). The number of hydrogen-bond donors (Lipinski definition) is 1. The molecule has 1 aliphatic heterocycles. The van der Waals surface area contributed by atoms with Gasteiger partial charge in [-0.2, -0.15) is 10.1 Å². The molecule has 0 spiro atoms. The van der Waals surface area contributed by atoms with Gasteiger partial charge in [-0.1, -0.05) is 47.5 Å². The third-order valence-corrected chi connectivity index (χ3v) is 6.25. The second kappa shape index (κ2) is 9.69. The van der Waals surface area contributed by atoms with Crippen molar-refractivity contribution in [3.05, 3.63) is 81.8 Å². The maximum absolute atomic E-state index is 13.1. The van der Waals surface area contributed by atoms with E-state index in [1.165, 1.54) is 6.33 Å². The largest absolute Gasteiger partial charge is 0.463 e. The van der Waals surface area contributed by atoms with Crippen LogP contribution in [0.25, 0.3) is 0 Å². The number of ether oxygens (including phenoxy) is 1. The minimum absolute atomic E-state index is 0.0694. The molecule has 8 nitrogen and oxygen atoms in total. The van der Waals surface area contributed by atoms with Crippen LogP contribution in [-0.4, -0.2) is 39.8 Å². The smallest absolute Gasteiger partial charge is 0.338 e. The van der Waals surface area contributed by atoms with Crippen LogP contribution in [0.3, 0.4) is 0 Å². The summed E-state index contributed by atoms with van der Waals surface area (Å²) in [5.41, 5.74) is 4.38. The van der Waals surface area contributed by atoms with Gasteiger partial charge in [0.1, 0.15) is 18.9 Å². The van der Waals surface area contributed by atoms with E-state index < -0.39 is 12.0 Å². The van der Waals surface area contributed by atoms with Crippen LogP contribution in [0.15, 0.2) is 60.1 Å². The van der Waals surface area contributed by atoms with Gasteiger partial charge in [0.25, 0.3) is 0 Å². The standard InChI is InChI=1S/C25H26ClN5O3/c1-5-34-24(33)22-17(4)30(13-21(32)29-20-8-6-7-19(26)16(20)3)25-27-14-28-31(25)23(22)18-11-9-15(2)10-12-18/h6-12,14,23H,5,13H2,1-4H3,(H,29,32)/t23-/m1/s1. The van der Waals surface area contributed by atoms with E-state index >= 15 is 0 Å². The Morgan fingerprint density at radius 2 is 1.85 bits per heavy atom. The number of amides is 1. The highest BCUT2D eigenvalue weighted by molar-refractivity contribution is 6.31. The van der Waals surface area contributed by atoms with Gasteiger partial charge in [0, 0.05) is 16.4 Å². The van der Waals surface area contributed by atoms with Crippen LogP contribution in [0.1, 0.15) is 36.6 Å². The number of fused-ring (bicyclic) bond motifs is 1. The van der Waals surface area contributed by atoms with Crippen molar-refractivity contribution in [3.8, 4) is 0 Å². The Morgan fingerprint density at radius 1 is 1.12 bits per heavy atom. The lowest BCUT2D eigenvalue weighted by molar-refractivity contribution is -0.139. The molecule has 9 heteroatoms. The Labute approximate surface area is 203 Å². The molecule has 0 aliphatic carbocycles. The number of nitrogens with zero attached hydrogens (tertiary/aromatic N) is 4. The first kappa shape index (κ1) is 23.5. The first-order valence-electron chi connectivity index (χ1n) is 11.0. The molecule has 2 aromatic carbocycles. The number of allylic oxidation sites excluding steroid dienone is 1. The predicted octanol–water partition coefficient (Wildman–Crippen LogP) is 4.43. The van der Waals surface area contributed by atoms with Crippen molar-refractivity contribution in [2.24, 2.45) is 0 Å². The molecule has 1 aromatic heterocycles. The van der Waals surface area contributed by atoms with Crippen LogP contribution in [0, 0.1) is 13.8 Å². The molecule has 0 bridgehead atoms. The quantitative estimate of drug-likeness (QED) is 0.526. The number of aromatic nitrogens is 3. The van der Waals surface area contributed by atoms with E-state index in [9.17, 15) is 9.59 Å². The first-order chi connectivity index (χ1) is 16.3. The zero-order valence-electron chi connectivity index (χ0n) is 19.5. The van der Waals surface area contributed by atoms with Gasteiger partial charge in [-0.05, 0) is 51.0 Å². The average molecular weight is 480 g/mol. The van der Waals surface area contributed by atoms with Crippen molar-refractivity contribution < 1.29 is 14.3 Å². The number of anilines is 2. The highest BCUT2D eigenvalue weighted by Gasteiger charge is 2.38. The van der Waals surface area contributed by atoms with E-state index in [4.69, 9.17) is 16.3 Å². The van der Waals surface area contributed by atoms with Gasteiger partial charge in [0.15, 0.2) is 0 Å². The summed E-state index contributed by atoms with van der Waals surface area (Å²) in [5, 5.41) is 7.87. The van der Waals surface area contributed by atoms with Crippen LogP contribution < -0.4 is 10.2 Å². The Kier molecular flexibility index (Phi) is 6.70. The second-order valence-corrected chi connectivity index (χ2v) is 8.49. The molecule has 0 saturated heterocycles. The lowest BCUT2D eigenvalue weighted by Crippen LogP contribution is -2.41. The number of esters is 1. The fourth-order valence-electron chi connectivity index (χ4n) is 4.03. The lowest BCUT2D eigenvalue weighted by Gasteiger charge is -2.35. The van der Waals surface area contributed by atoms with Crippen LogP contribution in [-0.2, 0) is 14.3 Å². The molecule has 0 radical (unpaired) electrons. The third-order valence-electron chi connectivity index (χ3n) is 5.84. The summed E-state index contributed by atoms with van der Waals surface area (Å²) < 4.78 is 7.05. The maximum Gasteiger partial charge on any atom is 0.338 e. The number of carbonyl (C=O) groups is 2. The number of hydrogen-bond acceptors (Lipinski definition) is 6. The highest BCUT2D eigenvalue weighted by Crippen LogP contribution is 2.38. The number of rotatable bonds is 6. The molecule has 0 unspecified atom stereocenters. The molecule has 176 valence electrons. The lowest BCUT2D eigenvalue weighted by atomic mass is 9.94. The fraction of sp³-hybridized carbons (Fsp3) is 0.280. The van der Waals surface area contributed by atoms with Crippen LogP contribution >= 0.6 is 11.6 Å². The summed E-state index contributed by atoms with van der Waals surface area (Å²) in [6.07, 6.45) is 1.42. The van der Waals surface area contributed by atoms with Crippen LogP contribution in [0.4, 0.5) is 11.6 Å². The van der Waals surface area contributed by atoms with Crippen molar-refractivity contribution in [1.29, 1.82) is 0 Å². The van der Waals surface area contributed by atoms with Crippen molar-refractivity contribution in [2.75, 3.05) is 23.4 Å². The molecule has 1 amide bonds. The van der Waals surface area contributed by atoms with Gasteiger partial charge in [0.05, 0.1) is 12.2 Å². The minimum Gasteiger partial charge on any atom is -0.463 e. The normalized spacial score (nSPS) is 15.2.